The zero-order chi connectivity index (χ0) is 19.0. The van der Waals surface area contributed by atoms with E-state index in [2.05, 4.69) is 0 Å². The minimum absolute atomic E-state index is 0.0334. The topological polar surface area (TPSA) is 71.7 Å². The molecule has 1 atom stereocenters. The average Bonchev–Trinajstić information content (AvgIpc) is 2.85. The first kappa shape index (κ1) is 17.9. The van der Waals surface area contributed by atoms with Crippen molar-refractivity contribution in [3.05, 3.63) is 64.6 Å². The second-order valence-corrected chi connectivity index (χ2v) is 6.29. The fraction of sp³-hybridized carbons (Fsp3) is 0.250. The second kappa shape index (κ2) is 6.80. The van der Waals surface area contributed by atoms with E-state index in [1.807, 2.05) is 19.1 Å². The van der Waals surface area contributed by atoms with Crippen LogP contribution in [0.15, 0.2) is 36.4 Å². The molecule has 0 aliphatic rings. The first-order valence-electron chi connectivity index (χ1n) is 8.16. The number of hydrogen-bond donors (Lipinski definition) is 2. The van der Waals surface area contributed by atoms with Crippen LogP contribution in [0.1, 0.15) is 28.6 Å². The molecule has 136 valence electrons. The standard InChI is InChI=1S/C20H20FNO4/c1-11-4-6-13(7-5-11)20(25)22-12(2)14(9-19(23)24)15-8-18(26-3)16(21)10-17(15)22/h4-8,10,20,25H,9H2,1-3H3,(H,23,24). The first-order chi connectivity index (χ1) is 12.3. The summed E-state index contributed by atoms with van der Waals surface area (Å²) in [6.07, 6.45) is -1.29. The summed E-state index contributed by atoms with van der Waals surface area (Å²) in [4.78, 5) is 11.3. The molecule has 0 fully saturated rings. The van der Waals surface area contributed by atoms with Gasteiger partial charge in [-0.1, -0.05) is 29.8 Å². The first-order valence-corrected chi connectivity index (χ1v) is 8.16. The number of aliphatic hydroxyl groups is 1. The van der Waals surface area contributed by atoms with Crippen LogP contribution in [0.25, 0.3) is 10.9 Å². The molecule has 3 rings (SSSR count). The smallest absolute Gasteiger partial charge is 0.307 e. The van der Waals surface area contributed by atoms with Crippen LogP contribution in [0.5, 0.6) is 5.75 Å². The number of carbonyl (C=O) groups is 1. The van der Waals surface area contributed by atoms with Gasteiger partial charge >= 0.3 is 5.97 Å². The number of carboxylic acid groups (broad SMARTS) is 1. The van der Waals surface area contributed by atoms with E-state index in [0.29, 0.717) is 27.7 Å². The van der Waals surface area contributed by atoms with Crippen LogP contribution < -0.4 is 4.74 Å². The molecule has 0 bridgehead atoms. The Hall–Kier alpha value is -2.86. The van der Waals surface area contributed by atoms with E-state index >= 15 is 0 Å². The molecule has 1 heterocycles. The number of benzene rings is 2. The van der Waals surface area contributed by atoms with Gasteiger partial charge in [0.25, 0.3) is 0 Å². The molecule has 26 heavy (non-hydrogen) atoms. The third-order valence-corrected chi connectivity index (χ3v) is 4.60. The molecule has 0 radical (unpaired) electrons. The number of aliphatic hydroxyl groups excluding tert-OH is 1. The van der Waals surface area contributed by atoms with Gasteiger partial charge in [0.05, 0.1) is 19.0 Å². The number of aryl methyl sites for hydroxylation is 1. The normalized spacial score (nSPS) is 12.3. The Labute approximate surface area is 150 Å². The fourth-order valence-electron chi connectivity index (χ4n) is 3.24. The molecule has 2 N–H and O–H groups in total. The van der Waals surface area contributed by atoms with E-state index < -0.39 is 18.0 Å². The van der Waals surface area contributed by atoms with Crippen molar-refractivity contribution in [3.63, 3.8) is 0 Å². The van der Waals surface area contributed by atoms with Gasteiger partial charge in [0.15, 0.2) is 17.8 Å². The summed E-state index contributed by atoms with van der Waals surface area (Å²) >= 11 is 0. The minimum Gasteiger partial charge on any atom is -0.494 e. The molecule has 2 aromatic carbocycles. The average molecular weight is 357 g/mol. The van der Waals surface area contributed by atoms with Crippen molar-refractivity contribution in [1.29, 1.82) is 0 Å². The van der Waals surface area contributed by atoms with Gasteiger partial charge in [0.2, 0.25) is 0 Å². The third kappa shape index (κ3) is 3.04. The quantitative estimate of drug-likeness (QED) is 0.732. The maximum atomic E-state index is 14.3. The number of rotatable bonds is 5. The van der Waals surface area contributed by atoms with Gasteiger partial charge in [-0.25, -0.2) is 4.39 Å². The fourth-order valence-corrected chi connectivity index (χ4v) is 3.24. The van der Waals surface area contributed by atoms with Crippen molar-refractivity contribution in [2.24, 2.45) is 0 Å². The lowest BCUT2D eigenvalue weighted by Crippen LogP contribution is -2.12. The molecule has 0 saturated carbocycles. The Balaban J connectivity index is 2.26. The van der Waals surface area contributed by atoms with Crippen molar-refractivity contribution >= 4 is 16.9 Å². The zero-order valence-electron chi connectivity index (χ0n) is 14.8. The van der Waals surface area contributed by atoms with Crippen molar-refractivity contribution in [2.45, 2.75) is 26.5 Å². The Kier molecular flexibility index (Phi) is 4.70. The van der Waals surface area contributed by atoms with Crippen molar-refractivity contribution < 1.29 is 24.1 Å². The lowest BCUT2D eigenvalue weighted by molar-refractivity contribution is -0.136. The van der Waals surface area contributed by atoms with Gasteiger partial charge < -0.3 is 19.5 Å². The van der Waals surface area contributed by atoms with Crippen LogP contribution in [-0.2, 0) is 11.2 Å². The number of ether oxygens (including phenoxy) is 1. The van der Waals surface area contributed by atoms with Gasteiger partial charge in [0.1, 0.15) is 0 Å². The zero-order valence-corrected chi connectivity index (χ0v) is 14.8. The maximum absolute atomic E-state index is 14.3. The highest BCUT2D eigenvalue weighted by molar-refractivity contribution is 5.90. The van der Waals surface area contributed by atoms with E-state index in [4.69, 9.17) is 4.74 Å². The van der Waals surface area contributed by atoms with Gasteiger partial charge in [-0.15, -0.1) is 0 Å². The largest absolute Gasteiger partial charge is 0.494 e. The number of aromatic nitrogens is 1. The lowest BCUT2D eigenvalue weighted by atomic mass is 10.1. The van der Waals surface area contributed by atoms with Crippen molar-refractivity contribution in [3.8, 4) is 5.75 Å². The van der Waals surface area contributed by atoms with Crippen LogP contribution >= 0.6 is 0 Å². The van der Waals surface area contributed by atoms with E-state index in [-0.39, 0.29) is 12.2 Å². The number of fused-ring (bicyclic) bond motifs is 1. The number of aliphatic carboxylic acids is 1. The summed E-state index contributed by atoms with van der Waals surface area (Å²) < 4.78 is 20.9. The van der Waals surface area contributed by atoms with Crippen LogP contribution in [0.2, 0.25) is 0 Å². The Morgan fingerprint density at radius 3 is 2.46 bits per heavy atom. The molecule has 0 aliphatic carbocycles. The number of carboxylic acids is 1. The highest BCUT2D eigenvalue weighted by Gasteiger charge is 2.23. The second-order valence-electron chi connectivity index (χ2n) is 6.29. The molecule has 0 amide bonds. The molecule has 3 aromatic rings. The molecule has 5 nitrogen and oxygen atoms in total. The number of methoxy groups -OCH3 is 1. The van der Waals surface area contributed by atoms with Gasteiger partial charge in [0, 0.05) is 22.7 Å². The number of hydrogen-bond acceptors (Lipinski definition) is 3. The lowest BCUT2D eigenvalue weighted by Gasteiger charge is -2.17. The molecule has 0 spiro atoms. The van der Waals surface area contributed by atoms with E-state index in [1.54, 1.807) is 23.6 Å². The van der Waals surface area contributed by atoms with E-state index in [0.717, 1.165) is 5.56 Å². The molecule has 0 aliphatic heterocycles. The summed E-state index contributed by atoms with van der Waals surface area (Å²) in [5, 5.41) is 20.7. The summed E-state index contributed by atoms with van der Waals surface area (Å²) in [6, 6.07) is 10.1. The summed E-state index contributed by atoms with van der Waals surface area (Å²) in [5.41, 5.74) is 3.20. The van der Waals surface area contributed by atoms with E-state index in [1.165, 1.54) is 19.2 Å². The minimum atomic E-state index is -1.06. The summed E-state index contributed by atoms with van der Waals surface area (Å²) in [5.74, 6) is -1.54. The van der Waals surface area contributed by atoms with Crippen LogP contribution in [0.3, 0.4) is 0 Å². The molecular weight excluding hydrogens is 337 g/mol. The van der Waals surface area contributed by atoms with Crippen molar-refractivity contribution in [2.75, 3.05) is 7.11 Å². The maximum Gasteiger partial charge on any atom is 0.307 e. The van der Waals surface area contributed by atoms with Crippen LogP contribution in [-0.4, -0.2) is 27.9 Å². The molecule has 1 aromatic heterocycles. The van der Waals surface area contributed by atoms with Gasteiger partial charge in [-0.05, 0) is 25.5 Å². The SMILES string of the molecule is COc1cc2c(CC(=O)O)c(C)n(C(O)c3ccc(C)cc3)c2cc1F. The Morgan fingerprint density at radius 1 is 1.23 bits per heavy atom. The van der Waals surface area contributed by atoms with Gasteiger partial charge in [-0.2, -0.15) is 0 Å². The molecular formula is C20H20FNO4. The predicted molar refractivity (Wildman–Crippen MR) is 96.1 cm³/mol. The summed E-state index contributed by atoms with van der Waals surface area (Å²) in [6.45, 7) is 3.67. The van der Waals surface area contributed by atoms with Crippen LogP contribution in [0, 0.1) is 19.7 Å². The molecule has 1 unspecified atom stereocenters. The predicted octanol–water partition coefficient (Wildman–Crippen LogP) is 3.57. The Bertz CT molecular complexity index is 976. The summed E-state index contributed by atoms with van der Waals surface area (Å²) in [7, 11) is 1.35. The third-order valence-electron chi connectivity index (χ3n) is 4.60. The number of halogens is 1. The van der Waals surface area contributed by atoms with E-state index in [9.17, 15) is 19.4 Å². The highest BCUT2D eigenvalue weighted by atomic mass is 19.1. The van der Waals surface area contributed by atoms with Gasteiger partial charge in [-0.3, -0.25) is 4.79 Å². The van der Waals surface area contributed by atoms with Crippen molar-refractivity contribution in [1.82, 2.24) is 4.57 Å². The van der Waals surface area contributed by atoms with Crippen LogP contribution in [0.4, 0.5) is 4.39 Å². The Morgan fingerprint density at radius 2 is 1.88 bits per heavy atom. The molecule has 6 heteroatoms. The molecule has 0 saturated heterocycles. The highest BCUT2D eigenvalue weighted by Crippen LogP contribution is 2.35. The monoisotopic (exact) mass is 357 g/mol. The number of nitrogens with zero attached hydrogens (tertiary/aromatic N) is 1.